The largest absolute Gasteiger partial charge is 0.493 e. The molecule has 1 amide bonds. The van der Waals surface area contributed by atoms with E-state index in [0.29, 0.717) is 34.7 Å². The lowest BCUT2D eigenvalue weighted by Crippen LogP contribution is -2.31. The minimum atomic E-state index is -0.0548. The molecule has 0 spiro atoms. The van der Waals surface area contributed by atoms with Gasteiger partial charge in [-0.3, -0.25) is 9.69 Å². The van der Waals surface area contributed by atoms with E-state index in [1.165, 1.54) is 28.1 Å². The first-order valence-corrected chi connectivity index (χ1v) is 14.7. The highest BCUT2D eigenvalue weighted by atomic mass is 32.2. The summed E-state index contributed by atoms with van der Waals surface area (Å²) in [5.74, 6) is 1.20. The van der Waals surface area contributed by atoms with Gasteiger partial charge in [0.2, 0.25) is 0 Å². The number of hydrogen-bond donors (Lipinski definition) is 0. The Kier molecular flexibility index (Phi) is 8.33. The van der Waals surface area contributed by atoms with Crippen LogP contribution in [0.25, 0.3) is 16.8 Å². The van der Waals surface area contributed by atoms with Crippen molar-refractivity contribution < 1.29 is 14.3 Å². The first-order valence-electron chi connectivity index (χ1n) is 13.8. The Bertz CT molecular complexity index is 1760. The number of amidine groups is 1. The molecule has 42 heavy (non-hydrogen) atoms. The standard InChI is InChI=1S/C36H30N2O3S/c1-40-33-23-27(19-20-32(33)41-25-29-15-10-14-28-13-8-9-18-31(28)29)24-34-35(39)38(22-21-26-11-4-2-5-12-26)36(42-34)37-30-16-6-3-7-17-30/h2-20,23-24H,21-22,25H2,1H3/b34-24+,37-36?. The lowest BCUT2D eigenvalue weighted by atomic mass is 10.1. The van der Waals surface area contributed by atoms with E-state index in [4.69, 9.17) is 14.5 Å². The predicted octanol–water partition coefficient (Wildman–Crippen LogP) is 8.27. The summed E-state index contributed by atoms with van der Waals surface area (Å²) in [6.07, 6.45) is 2.64. The fraction of sp³-hybridized carbons (Fsp3) is 0.111. The number of thioether (sulfide) groups is 1. The van der Waals surface area contributed by atoms with E-state index in [0.717, 1.165) is 23.2 Å². The smallest absolute Gasteiger partial charge is 0.266 e. The lowest BCUT2D eigenvalue weighted by Gasteiger charge is -2.15. The zero-order valence-electron chi connectivity index (χ0n) is 23.3. The number of para-hydroxylation sites is 1. The van der Waals surface area contributed by atoms with Crippen LogP contribution in [0.15, 0.2) is 131 Å². The zero-order chi connectivity index (χ0) is 28.7. The van der Waals surface area contributed by atoms with Gasteiger partial charge in [-0.05, 0) is 76.0 Å². The van der Waals surface area contributed by atoms with Gasteiger partial charge in [-0.25, -0.2) is 4.99 Å². The highest BCUT2D eigenvalue weighted by molar-refractivity contribution is 8.18. The number of benzene rings is 5. The molecule has 0 aliphatic carbocycles. The van der Waals surface area contributed by atoms with Crippen molar-refractivity contribution in [1.29, 1.82) is 0 Å². The molecule has 5 aromatic carbocycles. The maximum atomic E-state index is 13.6. The van der Waals surface area contributed by atoms with E-state index in [9.17, 15) is 4.79 Å². The van der Waals surface area contributed by atoms with E-state index in [1.807, 2.05) is 91.0 Å². The molecule has 1 heterocycles. The van der Waals surface area contributed by atoms with Crippen molar-refractivity contribution in [3.8, 4) is 11.5 Å². The summed E-state index contributed by atoms with van der Waals surface area (Å²) in [4.78, 5) is 20.8. The molecular formula is C36H30N2O3S. The third kappa shape index (κ3) is 6.24. The second-order valence-electron chi connectivity index (χ2n) is 9.87. The molecule has 208 valence electrons. The summed E-state index contributed by atoms with van der Waals surface area (Å²) in [5, 5.41) is 3.02. The van der Waals surface area contributed by atoms with Crippen molar-refractivity contribution in [3.63, 3.8) is 0 Å². The lowest BCUT2D eigenvalue weighted by molar-refractivity contribution is -0.122. The van der Waals surface area contributed by atoms with Gasteiger partial charge in [0.15, 0.2) is 16.7 Å². The van der Waals surface area contributed by atoms with Crippen molar-refractivity contribution in [1.82, 2.24) is 4.90 Å². The molecular weight excluding hydrogens is 540 g/mol. The van der Waals surface area contributed by atoms with Crippen LogP contribution in [0.3, 0.4) is 0 Å². The molecule has 0 unspecified atom stereocenters. The maximum Gasteiger partial charge on any atom is 0.266 e. The Morgan fingerprint density at radius 2 is 1.55 bits per heavy atom. The van der Waals surface area contributed by atoms with Crippen LogP contribution in [0.5, 0.6) is 11.5 Å². The first-order chi connectivity index (χ1) is 20.7. The van der Waals surface area contributed by atoms with Crippen molar-refractivity contribution in [2.24, 2.45) is 4.99 Å². The minimum absolute atomic E-state index is 0.0548. The number of aliphatic imine (C=N–C) groups is 1. The average Bonchev–Trinajstić information content (AvgIpc) is 3.32. The molecule has 1 saturated heterocycles. The number of ether oxygens (including phenoxy) is 2. The van der Waals surface area contributed by atoms with Crippen LogP contribution in [0.1, 0.15) is 16.7 Å². The molecule has 0 radical (unpaired) electrons. The molecule has 0 bridgehead atoms. The average molecular weight is 571 g/mol. The van der Waals surface area contributed by atoms with E-state index in [1.54, 1.807) is 12.0 Å². The van der Waals surface area contributed by atoms with Crippen LogP contribution in [0.4, 0.5) is 5.69 Å². The van der Waals surface area contributed by atoms with Crippen LogP contribution < -0.4 is 9.47 Å². The number of carbonyl (C=O) groups is 1. The summed E-state index contributed by atoms with van der Waals surface area (Å²) in [7, 11) is 1.63. The molecule has 5 nitrogen and oxygen atoms in total. The van der Waals surface area contributed by atoms with Crippen LogP contribution in [0, 0.1) is 0 Å². The molecule has 0 saturated carbocycles. The molecule has 5 aromatic rings. The Hall–Kier alpha value is -4.81. The summed E-state index contributed by atoms with van der Waals surface area (Å²) < 4.78 is 11.9. The molecule has 0 aromatic heterocycles. The van der Waals surface area contributed by atoms with E-state index >= 15 is 0 Å². The maximum absolute atomic E-state index is 13.6. The van der Waals surface area contributed by atoms with Crippen molar-refractivity contribution in [2.75, 3.05) is 13.7 Å². The van der Waals surface area contributed by atoms with Crippen molar-refractivity contribution >= 4 is 45.4 Å². The van der Waals surface area contributed by atoms with Gasteiger partial charge in [0.1, 0.15) is 6.61 Å². The second kappa shape index (κ2) is 12.8. The fourth-order valence-electron chi connectivity index (χ4n) is 4.91. The molecule has 6 rings (SSSR count). The van der Waals surface area contributed by atoms with Crippen molar-refractivity contribution in [2.45, 2.75) is 13.0 Å². The highest BCUT2D eigenvalue weighted by Crippen LogP contribution is 2.36. The number of fused-ring (bicyclic) bond motifs is 1. The SMILES string of the molecule is COc1cc(/C=C2/SC(=Nc3ccccc3)N(CCc3ccccc3)C2=O)ccc1OCc1cccc2ccccc12. The number of rotatable bonds is 9. The van der Waals surface area contributed by atoms with Gasteiger partial charge in [-0.15, -0.1) is 0 Å². The van der Waals surface area contributed by atoms with E-state index < -0.39 is 0 Å². The first kappa shape index (κ1) is 27.4. The third-order valence-corrected chi connectivity index (χ3v) is 8.09. The number of methoxy groups -OCH3 is 1. The number of carbonyl (C=O) groups excluding carboxylic acids is 1. The van der Waals surface area contributed by atoms with Gasteiger partial charge in [0.25, 0.3) is 5.91 Å². The molecule has 1 fully saturated rings. The van der Waals surface area contributed by atoms with Gasteiger partial charge < -0.3 is 9.47 Å². The number of amides is 1. The zero-order valence-corrected chi connectivity index (χ0v) is 24.1. The number of nitrogens with zero attached hydrogens (tertiary/aromatic N) is 2. The predicted molar refractivity (Wildman–Crippen MR) is 172 cm³/mol. The summed E-state index contributed by atoms with van der Waals surface area (Å²) >= 11 is 1.39. The molecule has 1 aliphatic rings. The molecule has 1 aliphatic heterocycles. The quantitative estimate of drug-likeness (QED) is 0.167. The van der Waals surface area contributed by atoms with Gasteiger partial charge >= 0.3 is 0 Å². The monoisotopic (exact) mass is 570 g/mol. The molecule has 0 N–H and O–H groups in total. The van der Waals surface area contributed by atoms with Gasteiger partial charge in [-0.1, -0.05) is 97.1 Å². The third-order valence-electron chi connectivity index (χ3n) is 7.08. The van der Waals surface area contributed by atoms with Gasteiger partial charge in [0, 0.05) is 6.54 Å². The van der Waals surface area contributed by atoms with Crippen molar-refractivity contribution in [3.05, 3.63) is 143 Å². The van der Waals surface area contributed by atoms with Crippen LogP contribution >= 0.6 is 11.8 Å². The summed E-state index contributed by atoms with van der Waals surface area (Å²) in [5.41, 5.74) is 3.95. The summed E-state index contributed by atoms with van der Waals surface area (Å²) in [6.45, 7) is 0.964. The Morgan fingerprint density at radius 1 is 0.810 bits per heavy atom. The Labute approximate surface area is 250 Å². The topological polar surface area (TPSA) is 51.1 Å². The molecule has 6 heteroatoms. The van der Waals surface area contributed by atoms with E-state index in [-0.39, 0.29) is 5.91 Å². The normalized spacial score (nSPS) is 15.1. The van der Waals surface area contributed by atoms with E-state index in [2.05, 4.69) is 36.4 Å². The molecule has 0 atom stereocenters. The van der Waals surface area contributed by atoms with Gasteiger partial charge in [0.05, 0.1) is 17.7 Å². The van der Waals surface area contributed by atoms with Crippen LogP contribution in [0.2, 0.25) is 0 Å². The van der Waals surface area contributed by atoms with Crippen LogP contribution in [-0.4, -0.2) is 29.6 Å². The highest BCUT2D eigenvalue weighted by Gasteiger charge is 2.33. The summed E-state index contributed by atoms with van der Waals surface area (Å²) in [6, 6.07) is 40.2. The second-order valence-corrected chi connectivity index (χ2v) is 10.9. The van der Waals surface area contributed by atoms with Crippen LogP contribution in [-0.2, 0) is 17.8 Å². The Balaban J connectivity index is 1.23. The fourth-order valence-corrected chi connectivity index (χ4v) is 5.93. The minimum Gasteiger partial charge on any atom is -0.493 e. The number of hydrogen-bond acceptors (Lipinski definition) is 5. The van der Waals surface area contributed by atoms with Gasteiger partial charge in [-0.2, -0.15) is 0 Å². The Morgan fingerprint density at radius 3 is 2.36 bits per heavy atom.